The normalized spacial score (nSPS) is 10.9. The number of pyridine rings is 1. The van der Waals surface area contributed by atoms with Crippen LogP contribution in [0.4, 0.5) is 5.69 Å². The summed E-state index contributed by atoms with van der Waals surface area (Å²) in [5, 5.41) is 4.90. The maximum absolute atomic E-state index is 12.5. The molecule has 0 saturated heterocycles. The molecule has 3 aromatic heterocycles. The molecule has 0 saturated carbocycles. The van der Waals surface area contributed by atoms with E-state index in [0.29, 0.717) is 18.0 Å². The highest BCUT2D eigenvalue weighted by atomic mass is 32.1. The number of fused-ring (bicyclic) bond motifs is 1. The lowest BCUT2D eigenvalue weighted by molar-refractivity contribution is 0.103. The van der Waals surface area contributed by atoms with Crippen molar-refractivity contribution in [3.63, 3.8) is 0 Å². The van der Waals surface area contributed by atoms with Crippen LogP contribution in [0.1, 0.15) is 27.9 Å². The Morgan fingerprint density at radius 2 is 2.15 bits per heavy atom. The Morgan fingerprint density at radius 3 is 3.00 bits per heavy atom. The fourth-order valence-corrected chi connectivity index (χ4v) is 3.77. The minimum Gasteiger partial charge on any atom is -0.487 e. The molecule has 0 aliphatic heterocycles. The summed E-state index contributed by atoms with van der Waals surface area (Å²) >= 11 is 1.46. The molecule has 0 atom stereocenters. The van der Waals surface area contributed by atoms with Gasteiger partial charge in [-0.15, -0.1) is 11.3 Å². The Bertz CT molecular complexity index is 1050. The molecule has 0 aliphatic rings. The predicted molar refractivity (Wildman–Crippen MR) is 108 cm³/mol. The Labute approximate surface area is 161 Å². The Hall–Kier alpha value is -3.12. The Kier molecular flexibility index (Phi) is 4.89. The molecule has 3 heterocycles. The number of thiophene rings is 1. The van der Waals surface area contributed by atoms with Crippen LogP contribution in [-0.4, -0.2) is 15.3 Å². The molecular weight excluding hydrogens is 358 g/mol. The molecule has 1 amide bonds. The van der Waals surface area contributed by atoms with E-state index in [1.807, 2.05) is 77.6 Å². The van der Waals surface area contributed by atoms with Crippen LogP contribution in [-0.2, 0) is 13.0 Å². The molecule has 0 radical (unpaired) electrons. The summed E-state index contributed by atoms with van der Waals surface area (Å²) in [5.41, 5.74) is 3.52. The van der Waals surface area contributed by atoms with E-state index in [1.54, 1.807) is 0 Å². The molecule has 0 bridgehead atoms. The molecule has 1 N–H and O–H groups in total. The topological polar surface area (TPSA) is 55.6 Å². The first-order valence-electron chi connectivity index (χ1n) is 8.76. The van der Waals surface area contributed by atoms with Gasteiger partial charge >= 0.3 is 0 Å². The molecule has 4 rings (SSSR count). The van der Waals surface area contributed by atoms with E-state index >= 15 is 0 Å². The van der Waals surface area contributed by atoms with Crippen molar-refractivity contribution in [2.24, 2.45) is 0 Å². The van der Waals surface area contributed by atoms with E-state index < -0.39 is 0 Å². The van der Waals surface area contributed by atoms with Crippen LogP contribution in [0.2, 0.25) is 0 Å². The third kappa shape index (κ3) is 3.85. The van der Waals surface area contributed by atoms with E-state index in [0.717, 1.165) is 28.2 Å². The number of aromatic nitrogens is 2. The van der Waals surface area contributed by atoms with Crippen LogP contribution in [0.25, 0.3) is 5.65 Å². The number of benzene rings is 1. The number of anilines is 1. The molecule has 0 fully saturated rings. The second-order valence-electron chi connectivity index (χ2n) is 6.10. The molecule has 0 unspecified atom stereocenters. The number of hydrogen-bond acceptors (Lipinski definition) is 4. The molecule has 1 aromatic carbocycles. The van der Waals surface area contributed by atoms with Crippen LogP contribution >= 0.6 is 11.3 Å². The van der Waals surface area contributed by atoms with E-state index in [1.165, 1.54) is 11.3 Å². The highest BCUT2D eigenvalue weighted by Crippen LogP contribution is 2.22. The quantitative estimate of drug-likeness (QED) is 0.526. The number of aryl methyl sites for hydroxylation is 1. The first-order valence-corrected chi connectivity index (χ1v) is 9.64. The maximum atomic E-state index is 12.5. The van der Waals surface area contributed by atoms with Crippen LogP contribution in [0, 0.1) is 0 Å². The average molecular weight is 377 g/mol. The number of hydrogen-bond donors (Lipinski definition) is 1. The number of ether oxygens (including phenoxy) is 1. The number of imidazole rings is 1. The number of rotatable bonds is 6. The van der Waals surface area contributed by atoms with Gasteiger partial charge in [-0.2, -0.15) is 0 Å². The summed E-state index contributed by atoms with van der Waals surface area (Å²) in [4.78, 5) is 17.8. The van der Waals surface area contributed by atoms with Crippen molar-refractivity contribution < 1.29 is 9.53 Å². The van der Waals surface area contributed by atoms with Gasteiger partial charge in [-0.05, 0) is 47.7 Å². The predicted octanol–water partition coefficient (Wildman–Crippen LogP) is 4.79. The van der Waals surface area contributed by atoms with E-state index in [9.17, 15) is 4.79 Å². The lowest BCUT2D eigenvalue weighted by atomic mass is 10.2. The van der Waals surface area contributed by atoms with E-state index in [2.05, 4.69) is 10.3 Å². The van der Waals surface area contributed by atoms with Gasteiger partial charge < -0.3 is 14.5 Å². The molecule has 0 aliphatic carbocycles. The number of amides is 1. The minimum absolute atomic E-state index is 0.0839. The van der Waals surface area contributed by atoms with Gasteiger partial charge in [-0.25, -0.2) is 4.98 Å². The van der Waals surface area contributed by atoms with Crippen molar-refractivity contribution in [1.82, 2.24) is 9.38 Å². The Balaban J connectivity index is 1.43. The molecule has 27 heavy (non-hydrogen) atoms. The second-order valence-corrected chi connectivity index (χ2v) is 7.01. The summed E-state index contributed by atoms with van der Waals surface area (Å²) in [7, 11) is 0. The zero-order chi connectivity index (χ0) is 18.6. The van der Waals surface area contributed by atoms with Crippen LogP contribution in [0.5, 0.6) is 5.75 Å². The standard InChI is InChI=1S/C21H19N3O2S/c1-2-15-9-11-27-20(15)21(25)23-16-6-5-7-18(12-16)26-14-17-13-24-10-4-3-8-19(24)22-17/h3-13H,2,14H2,1H3,(H,23,25). The largest absolute Gasteiger partial charge is 0.487 e. The molecule has 136 valence electrons. The number of nitrogens with zero attached hydrogens (tertiary/aromatic N) is 2. The maximum Gasteiger partial charge on any atom is 0.266 e. The lowest BCUT2D eigenvalue weighted by Crippen LogP contribution is -2.12. The van der Waals surface area contributed by atoms with E-state index in [-0.39, 0.29) is 5.91 Å². The smallest absolute Gasteiger partial charge is 0.266 e. The third-order valence-electron chi connectivity index (χ3n) is 4.23. The van der Waals surface area contributed by atoms with Crippen LogP contribution in [0.15, 0.2) is 66.3 Å². The highest BCUT2D eigenvalue weighted by Gasteiger charge is 2.12. The summed E-state index contributed by atoms with van der Waals surface area (Å²) in [6.07, 6.45) is 4.75. The summed E-state index contributed by atoms with van der Waals surface area (Å²) < 4.78 is 7.81. The number of carbonyl (C=O) groups is 1. The zero-order valence-corrected chi connectivity index (χ0v) is 15.7. The fourth-order valence-electron chi connectivity index (χ4n) is 2.88. The van der Waals surface area contributed by atoms with Crippen molar-refractivity contribution in [3.8, 4) is 5.75 Å². The van der Waals surface area contributed by atoms with Gasteiger partial charge in [0.05, 0.1) is 10.6 Å². The van der Waals surface area contributed by atoms with Crippen molar-refractivity contribution in [3.05, 3.63) is 82.4 Å². The fraction of sp³-hybridized carbons (Fsp3) is 0.143. The molecule has 4 aromatic rings. The van der Waals surface area contributed by atoms with Gasteiger partial charge in [-0.3, -0.25) is 4.79 Å². The summed E-state index contributed by atoms with van der Waals surface area (Å²) in [6, 6.07) is 15.3. The van der Waals surface area contributed by atoms with Crippen LogP contribution < -0.4 is 10.1 Å². The van der Waals surface area contributed by atoms with Crippen molar-refractivity contribution in [1.29, 1.82) is 0 Å². The number of carbonyl (C=O) groups excluding carboxylic acids is 1. The van der Waals surface area contributed by atoms with Gasteiger partial charge in [0.2, 0.25) is 0 Å². The molecule has 6 heteroatoms. The monoisotopic (exact) mass is 377 g/mol. The van der Waals surface area contributed by atoms with Gasteiger partial charge in [0.1, 0.15) is 18.0 Å². The van der Waals surface area contributed by atoms with Gasteiger partial charge in [0.15, 0.2) is 0 Å². The average Bonchev–Trinajstić information content (AvgIpc) is 3.33. The van der Waals surface area contributed by atoms with Crippen molar-refractivity contribution >= 4 is 28.6 Å². The van der Waals surface area contributed by atoms with Crippen LogP contribution in [0.3, 0.4) is 0 Å². The first kappa shape index (κ1) is 17.3. The summed E-state index contributed by atoms with van der Waals surface area (Å²) in [6.45, 7) is 2.41. The summed E-state index contributed by atoms with van der Waals surface area (Å²) in [5.74, 6) is 0.603. The second kappa shape index (κ2) is 7.63. The lowest BCUT2D eigenvalue weighted by Gasteiger charge is -2.08. The minimum atomic E-state index is -0.0839. The molecular formula is C21H19N3O2S. The number of nitrogens with one attached hydrogen (secondary N) is 1. The van der Waals surface area contributed by atoms with Gasteiger partial charge in [0.25, 0.3) is 5.91 Å². The first-order chi connectivity index (χ1) is 13.2. The Morgan fingerprint density at radius 1 is 1.22 bits per heavy atom. The molecule has 5 nitrogen and oxygen atoms in total. The van der Waals surface area contributed by atoms with Crippen molar-refractivity contribution in [2.45, 2.75) is 20.0 Å². The van der Waals surface area contributed by atoms with Crippen molar-refractivity contribution in [2.75, 3.05) is 5.32 Å². The highest BCUT2D eigenvalue weighted by molar-refractivity contribution is 7.12. The van der Waals surface area contributed by atoms with Gasteiger partial charge in [-0.1, -0.05) is 19.1 Å². The van der Waals surface area contributed by atoms with Gasteiger partial charge in [0, 0.05) is 24.1 Å². The van der Waals surface area contributed by atoms with E-state index in [4.69, 9.17) is 4.74 Å². The zero-order valence-electron chi connectivity index (χ0n) is 14.9. The third-order valence-corrected chi connectivity index (χ3v) is 5.18. The SMILES string of the molecule is CCc1ccsc1C(=O)Nc1cccc(OCc2cn3ccccc3n2)c1. The molecule has 0 spiro atoms.